The Bertz CT molecular complexity index is 245. The fourth-order valence-electron chi connectivity index (χ4n) is 2.72. The third-order valence-corrected chi connectivity index (χ3v) is 4.36. The molecule has 1 N–H and O–H groups in total. The predicted molar refractivity (Wildman–Crippen MR) is 82.6 cm³/mol. The van der Waals surface area contributed by atoms with Crippen LogP contribution in [0.15, 0.2) is 0 Å². The van der Waals surface area contributed by atoms with Crippen molar-refractivity contribution in [3.05, 3.63) is 0 Å². The maximum absolute atomic E-state index is 5.61. The van der Waals surface area contributed by atoms with Crippen molar-refractivity contribution in [2.24, 2.45) is 11.3 Å². The lowest BCUT2D eigenvalue weighted by Crippen LogP contribution is -2.51. The minimum Gasteiger partial charge on any atom is -0.378 e. The van der Waals surface area contributed by atoms with Crippen molar-refractivity contribution in [3.8, 4) is 0 Å². The number of morpholine rings is 1. The van der Waals surface area contributed by atoms with E-state index in [1.54, 1.807) is 0 Å². The highest BCUT2D eigenvalue weighted by Gasteiger charge is 2.30. The van der Waals surface area contributed by atoms with Gasteiger partial charge in [-0.1, -0.05) is 34.6 Å². The van der Waals surface area contributed by atoms with Gasteiger partial charge >= 0.3 is 0 Å². The van der Waals surface area contributed by atoms with Gasteiger partial charge in [0.15, 0.2) is 0 Å². The van der Waals surface area contributed by atoms with Gasteiger partial charge in [-0.3, -0.25) is 4.90 Å². The average Bonchev–Trinajstić information content (AvgIpc) is 2.39. The number of hydrogen-bond acceptors (Lipinski definition) is 3. The second-order valence-corrected chi connectivity index (χ2v) is 6.80. The van der Waals surface area contributed by atoms with Gasteiger partial charge in [0.1, 0.15) is 0 Å². The molecule has 2 atom stereocenters. The summed E-state index contributed by atoms with van der Waals surface area (Å²) in [5.41, 5.74) is 0.375. The van der Waals surface area contributed by atoms with Gasteiger partial charge in [0, 0.05) is 25.7 Å². The van der Waals surface area contributed by atoms with Gasteiger partial charge < -0.3 is 10.1 Å². The van der Waals surface area contributed by atoms with E-state index >= 15 is 0 Å². The fourth-order valence-corrected chi connectivity index (χ4v) is 2.72. The molecule has 0 aromatic heterocycles. The van der Waals surface area contributed by atoms with Crippen LogP contribution in [0.4, 0.5) is 0 Å². The lowest BCUT2D eigenvalue weighted by Gasteiger charge is -2.41. The molecule has 1 fully saturated rings. The van der Waals surface area contributed by atoms with E-state index < -0.39 is 0 Å². The maximum Gasteiger partial charge on any atom is 0.0622 e. The fraction of sp³-hybridized carbons (Fsp3) is 1.00. The van der Waals surface area contributed by atoms with E-state index in [0.29, 0.717) is 11.5 Å². The van der Waals surface area contributed by atoms with Gasteiger partial charge in [0.25, 0.3) is 0 Å². The van der Waals surface area contributed by atoms with Gasteiger partial charge in [-0.25, -0.2) is 0 Å². The quantitative estimate of drug-likeness (QED) is 0.734. The van der Waals surface area contributed by atoms with E-state index in [4.69, 9.17) is 4.74 Å². The molecule has 0 saturated carbocycles. The SMILES string of the molecule is CCC1COCCN1CC(C)(CC)CNCC(C)C. The molecule has 1 rings (SSSR count). The lowest BCUT2D eigenvalue weighted by atomic mass is 9.86. The van der Waals surface area contributed by atoms with Crippen LogP contribution in [0, 0.1) is 11.3 Å². The highest BCUT2D eigenvalue weighted by atomic mass is 16.5. The second-order valence-electron chi connectivity index (χ2n) is 6.80. The number of rotatable bonds is 8. The predicted octanol–water partition coefficient (Wildman–Crippen LogP) is 2.76. The molecule has 0 amide bonds. The van der Waals surface area contributed by atoms with Crippen molar-refractivity contribution < 1.29 is 4.74 Å². The topological polar surface area (TPSA) is 24.5 Å². The zero-order valence-corrected chi connectivity index (χ0v) is 13.7. The molecule has 0 radical (unpaired) electrons. The van der Waals surface area contributed by atoms with Crippen molar-refractivity contribution in [1.29, 1.82) is 0 Å². The Morgan fingerprint density at radius 1 is 1.37 bits per heavy atom. The molecule has 1 saturated heterocycles. The molecule has 0 spiro atoms. The third-order valence-electron chi connectivity index (χ3n) is 4.36. The smallest absolute Gasteiger partial charge is 0.0622 e. The van der Waals surface area contributed by atoms with Gasteiger partial charge in [-0.15, -0.1) is 0 Å². The van der Waals surface area contributed by atoms with Crippen LogP contribution in [0.2, 0.25) is 0 Å². The summed E-state index contributed by atoms with van der Waals surface area (Å²) in [6, 6.07) is 0.615. The van der Waals surface area contributed by atoms with E-state index in [0.717, 1.165) is 38.8 Å². The summed E-state index contributed by atoms with van der Waals surface area (Å²) in [5.74, 6) is 0.730. The molecule has 0 bridgehead atoms. The number of nitrogens with one attached hydrogen (secondary N) is 1. The monoisotopic (exact) mass is 270 g/mol. The van der Waals surface area contributed by atoms with E-state index in [9.17, 15) is 0 Å². The number of nitrogens with zero attached hydrogens (tertiary/aromatic N) is 1. The Balaban J connectivity index is 2.48. The Morgan fingerprint density at radius 2 is 2.11 bits per heavy atom. The molecule has 1 heterocycles. The molecule has 1 aliphatic rings. The van der Waals surface area contributed by atoms with Crippen LogP contribution in [0.3, 0.4) is 0 Å². The summed E-state index contributed by atoms with van der Waals surface area (Å²) >= 11 is 0. The Kier molecular flexibility index (Phi) is 7.33. The first-order valence-electron chi connectivity index (χ1n) is 8.03. The van der Waals surface area contributed by atoms with Crippen LogP contribution in [-0.4, -0.2) is 50.3 Å². The zero-order valence-electron chi connectivity index (χ0n) is 13.7. The molecule has 1 aliphatic heterocycles. The van der Waals surface area contributed by atoms with E-state index in [1.165, 1.54) is 19.4 Å². The minimum atomic E-state index is 0.375. The minimum absolute atomic E-state index is 0.375. The summed E-state index contributed by atoms with van der Waals surface area (Å²) in [6.45, 7) is 17.9. The van der Waals surface area contributed by atoms with Crippen LogP contribution in [0.25, 0.3) is 0 Å². The average molecular weight is 270 g/mol. The molecule has 3 heteroatoms. The van der Waals surface area contributed by atoms with Crippen molar-refractivity contribution in [1.82, 2.24) is 10.2 Å². The molecule has 3 nitrogen and oxygen atoms in total. The summed E-state index contributed by atoms with van der Waals surface area (Å²) in [6.07, 6.45) is 2.42. The van der Waals surface area contributed by atoms with Crippen molar-refractivity contribution in [2.75, 3.05) is 39.4 Å². The first-order chi connectivity index (χ1) is 9.00. The van der Waals surface area contributed by atoms with E-state index in [-0.39, 0.29) is 0 Å². The van der Waals surface area contributed by atoms with Crippen molar-refractivity contribution >= 4 is 0 Å². The molecular weight excluding hydrogens is 236 g/mol. The van der Waals surface area contributed by atoms with E-state index in [1.807, 2.05) is 0 Å². The van der Waals surface area contributed by atoms with Crippen molar-refractivity contribution in [2.45, 2.75) is 53.5 Å². The van der Waals surface area contributed by atoms with Crippen LogP contribution >= 0.6 is 0 Å². The molecule has 19 heavy (non-hydrogen) atoms. The van der Waals surface area contributed by atoms with Crippen LogP contribution < -0.4 is 5.32 Å². The molecule has 0 aromatic rings. The second kappa shape index (κ2) is 8.23. The Labute approximate surface area is 120 Å². The largest absolute Gasteiger partial charge is 0.378 e. The first-order valence-corrected chi connectivity index (χ1v) is 8.03. The molecule has 2 unspecified atom stereocenters. The van der Waals surface area contributed by atoms with Crippen LogP contribution in [-0.2, 0) is 4.74 Å². The zero-order chi connectivity index (χ0) is 14.3. The lowest BCUT2D eigenvalue weighted by molar-refractivity contribution is -0.0264. The summed E-state index contributed by atoms with van der Waals surface area (Å²) in [5, 5.41) is 3.64. The highest BCUT2D eigenvalue weighted by molar-refractivity contribution is 4.84. The molecule has 114 valence electrons. The number of ether oxygens (including phenoxy) is 1. The van der Waals surface area contributed by atoms with Crippen LogP contribution in [0.1, 0.15) is 47.5 Å². The maximum atomic E-state index is 5.61. The first kappa shape index (κ1) is 16.9. The normalized spacial score (nSPS) is 24.6. The highest BCUT2D eigenvalue weighted by Crippen LogP contribution is 2.24. The van der Waals surface area contributed by atoms with E-state index in [2.05, 4.69) is 44.8 Å². The Hall–Kier alpha value is -0.120. The standard InChI is InChI=1S/C16H34N2O/c1-6-15-11-19-9-8-18(15)13-16(5,7-2)12-17-10-14(3)4/h14-15,17H,6-13H2,1-5H3. The summed E-state index contributed by atoms with van der Waals surface area (Å²) in [7, 11) is 0. The van der Waals surface area contributed by atoms with Gasteiger partial charge in [-0.05, 0) is 30.7 Å². The Morgan fingerprint density at radius 3 is 2.68 bits per heavy atom. The molecular formula is C16H34N2O. The summed E-state index contributed by atoms with van der Waals surface area (Å²) < 4.78 is 5.61. The van der Waals surface area contributed by atoms with Gasteiger partial charge in [0.05, 0.1) is 13.2 Å². The van der Waals surface area contributed by atoms with Gasteiger partial charge in [0.2, 0.25) is 0 Å². The molecule has 0 aromatic carbocycles. The molecule has 0 aliphatic carbocycles. The third kappa shape index (κ3) is 5.80. The van der Waals surface area contributed by atoms with Crippen LogP contribution in [0.5, 0.6) is 0 Å². The number of hydrogen-bond donors (Lipinski definition) is 1. The van der Waals surface area contributed by atoms with Gasteiger partial charge in [-0.2, -0.15) is 0 Å². The van der Waals surface area contributed by atoms with Crippen molar-refractivity contribution in [3.63, 3.8) is 0 Å². The summed E-state index contributed by atoms with van der Waals surface area (Å²) in [4.78, 5) is 2.64.